The molecule has 1 atom stereocenters. The second-order valence-electron chi connectivity index (χ2n) is 8.70. The summed E-state index contributed by atoms with van der Waals surface area (Å²) < 4.78 is 26.5. The van der Waals surface area contributed by atoms with Crippen molar-refractivity contribution in [2.24, 2.45) is 0 Å². The fourth-order valence-corrected chi connectivity index (χ4v) is 5.43. The maximum Gasteiger partial charge on any atom is 0.244 e. The van der Waals surface area contributed by atoms with Crippen LogP contribution >= 0.6 is 23.2 Å². The highest BCUT2D eigenvalue weighted by atomic mass is 35.5. The van der Waals surface area contributed by atoms with Gasteiger partial charge in [0.25, 0.3) is 0 Å². The molecule has 2 amide bonds. The highest BCUT2D eigenvalue weighted by molar-refractivity contribution is 7.92. The maximum absolute atomic E-state index is 13.9. The van der Waals surface area contributed by atoms with Gasteiger partial charge < -0.3 is 10.2 Å². The van der Waals surface area contributed by atoms with Crippen LogP contribution in [0, 0.1) is 6.92 Å². The molecule has 3 rings (SSSR count). The Hall–Kier alpha value is -3.07. The van der Waals surface area contributed by atoms with Gasteiger partial charge in [-0.15, -0.1) is 0 Å². The SMILES string of the molecule is CNC(=O)[C@@H](Cc1ccccc1)N(Cc1cccc(C)c1)C(=O)CN(c1ccc(Cl)cc1Cl)S(C)(=O)=O. The fraction of sp³-hybridized carbons (Fsp3) is 0.259. The summed E-state index contributed by atoms with van der Waals surface area (Å²) in [6, 6.07) is 20.4. The molecule has 3 aromatic carbocycles. The summed E-state index contributed by atoms with van der Waals surface area (Å²) >= 11 is 12.3. The number of sulfonamides is 1. The van der Waals surface area contributed by atoms with E-state index < -0.39 is 28.5 Å². The fourth-order valence-electron chi connectivity index (χ4n) is 4.01. The maximum atomic E-state index is 13.9. The Morgan fingerprint density at radius 1 is 0.946 bits per heavy atom. The van der Waals surface area contributed by atoms with E-state index in [0.717, 1.165) is 27.3 Å². The summed E-state index contributed by atoms with van der Waals surface area (Å²) in [5.74, 6) is -0.914. The molecule has 0 spiro atoms. The molecule has 1 N–H and O–H groups in total. The lowest BCUT2D eigenvalue weighted by Gasteiger charge is -2.33. The van der Waals surface area contributed by atoms with Crippen LogP contribution in [0.5, 0.6) is 0 Å². The van der Waals surface area contributed by atoms with Crippen LogP contribution in [0.4, 0.5) is 5.69 Å². The molecule has 0 bridgehead atoms. The summed E-state index contributed by atoms with van der Waals surface area (Å²) in [6.07, 6.45) is 1.24. The number of nitrogens with one attached hydrogen (secondary N) is 1. The minimum atomic E-state index is -3.91. The average molecular weight is 563 g/mol. The van der Waals surface area contributed by atoms with Crippen molar-refractivity contribution in [1.29, 1.82) is 0 Å². The Morgan fingerprint density at radius 2 is 1.62 bits per heavy atom. The first-order valence-corrected chi connectivity index (χ1v) is 14.1. The highest BCUT2D eigenvalue weighted by Gasteiger charge is 2.33. The van der Waals surface area contributed by atoms with Gasteiger partial charge in [0.1, 0.15) is 12.6 Å². The first-order chi connectivity index (χ1) is 17.5. The first-order valence-electron chi connectivity index (χ1n) is 11.5. The highest BCUT2D eigenvalue weighted by Crippen LogP contribution is 2.30. The Balaban J connectivity index is 2.05. The molecule has 7 nitrogen and oxygen atoms in total. The predicted molar refractivity (Wildman–Crippen MR) is 148 cm³/mol. The monoisotopic (exact) mass is 561 g/mol. The van der Waals surface area contributed by atoms with Gasteiger partial charge in [0.2, 0.25) is 21.8 Å². The van der Waals surface area contributed by atoms with Crippen molar-refractivity contribution in [2.45, 2.75) is 25.9 Å². The number of hydrogen-bond acceptors (Lipinski definition) is 4. The summed E-state index contributed by atoms with van der Waals surface area (Å²) in [7, 11) is -2.41. The standard InChI is InChI=1S/C27H29Cl2N3O4S/c1-19-8-7-11-21(14-19)17-31(25(27(34)30-2)15-20-9-5-4-6-10-20)26(33)18-32(37(3,35)36)24-13-12-22(28)16-23(24)29/h4-14,16,25H,15,17-18H2,1-3H3,(H,30,34)/t25-/m1/s1. The molecule has 0 radical (unpaired) electrons. The minimum absolute atomic E-state index is 0.0862. The van der Waals surface area contributed by atoms with Crippen LogP contribution in [0.15, 0.2) is 72.8 Å². The Morgan fingerprint density at radius 3 is 2.22 bits per heavy atom. The van der Waals surface area contributed by atoms with Gasteiger partial charge in [0.15, 0.2) is 0 Å². The van der Waals surface area contributed by atoms with E-state index in [4.69, 9.17) is 23.2 Å². The summed E-state index contributed by atoms with van der Waals surface area (Å²) in [5.41, 5.74) is 2.79. The number of likely N-dealkylation sites (N-methyl/N-ethyl adjacent to an activating group) is 1. The molecule has 37 heavy (non-hydrogen) atoms. The van der Waals surface area contributed by atoms with E-state index in [9.17, 15) is 18.0 Å². The van der Waals surface area contributed by atoms with Gasteiger partial charge in [0, 0.05) is 25.0 Å². The molecule has 0 aliphatic heterocycles. The van der Waals surface area contributed by atoms with Crippen LogP contribution in [-0.2, 0) is 32.6 Å². The molecule has 196 valence electrons. The van der Waals surface area contributed by atoms with Gasteiger partial charge in [-0.2, -0.15) is 0 Å². The Kier molecular flexibility index (Phi) is 9.59. The number of halogens is 2. The van der Waals surface area contributed by atoms with Crippen LogP contribution in [-0.4, -0.2) is 51.0 Å². The molecule has 0 saturated carbocycles. The molecule has 0 unspecified atom stereocenters. The van der Waals surface area contributed by atoms with Gasteiger partial charge >= 0.3 is 0 Å². The second-order valence-corrected chi connectivity index (χ2v) is 11.4. The first kappa shape index (κ1) is 28.5. The van der Waals surface area contributed by atoms with Crippen molar-refractivity contribution >= 4 is 50.7 Å². The average Bonchev–Trinajstić information content (AvgIpc) is 2.84. The molecule has 3 aromatic rings. The van der Waals surface area contributed by atoms with E-state index in [1.807, 2.05) is 61.5 Å². The molecule has 0 fully saturated rings. The van der Waals surface area contributed by atoms with E-state index in [0.29, 0.717) is 5.02 Å². The summed E-state index contributed by atoms with van der Waals surface area (Å²) in [5, 5.41) is 3.06. The number of benzene rings is 3. The zero-order chi connectivity index (χ0) is 27.2. The number of aryl methyl sites for hydroxylation is 1. The molecule has 0 heterocycles. The zero-order valence-electron chi connectivity index (χ0n) is 20.8. The number of carbonyl (C=O) groups excluding carboxylic acids is 2. The van der Waals surface area contributed by atoms with Crippen molar-refractivity contribution < 1.29 is 18.0 Å². The predicted octanol–water partition coefficient (Wildman–Crippen LogP) is 4.45. The largest absolute Gasteiger partial charge is 0.357 e. The van der Waals surface area contributed by atoms with Gasteiger partial charge in [-0.3, -0.25) is 13.9 Å². The molecule has 0 aliphatic rings. The van der Waals surface area contributed by atoms with Crippen LogP contribution in [0.1, 0.15) is 16.7 Å². The van der Waals surface area contributed by atoms with Crippen molar-refractivity contribution in [1.82, 2.24) is 10.2 Å². The number of anilines is 1. The Labute approximate surface area is 228 Å². The molecule has 0 aromatic heterocycles. The molecular formula is C27H29Cl2N3O4S. The van der Waals surface area contributed by atoms with E-state index in [1.165, 1.54) is 30.1 Å². The topological polar surface area (TPSA) is 86.8 Å². The van der Waals surface area contributed by atoms with Crippen LogP contribution < -0.4 is 9.62 Å². The third-order valence-corrected chi connectivity index (χ3v) is 7.47. The molecule has 0 aliphatic carbocycles. The Bertz CT molecular complexity index is 1370. The number of rotatable bonds is 10. The molecule has 0 saturated heterocycles. The van der Waals surface area contributed by atoms with Crippen molar-refractivity contribution in [2.75, 3.05) is 24.2 Å². The van der Waals surface area contributed by atoms with Gasteiger partial charge in [0.05, 0.1) is 17.0 Å². The third kappa shape index (κ3) is 7.71. The summed E-state index contributed by atoms with van der Waals surface area (Å²) in [4.78, 5) is 28.4. The van der Waals surface area contributed by atoms with Crippen LogP contribution in [0.3, 0.4) is 0 Å². The van der Waals surface area contributed by atoms with Crippen LogP contribution in [0.25, 0.3) is 0 Å². The third-order valence-electron chi connectivity index (χ3n) is 5.81. The summed E-state index contributed by atoms with van der Waals surface area (Å²) in [6.45, 7) is 1.50. The lowest BCUT2D eigenvalue weighted by molar-refractivity contribution is -0.139. The smallest absolute Gasteiger partial charge is 0.244 e. The number of amides is 2. The molecular weight excluding hydrogens is 533 g/mol. The number of nitrogens with zero attached hydrogens (tertiary/aromatic N) is 2. The van der Waals surface area contributed by atoms with Gasteiger partial charge in [-0.25, -0.2) is 8.42 Å². The molecule has 10 heteroatoms. The lowest BCUT2D eigenvalue weighted by atomic mass is 10.0. The lowest BCUT2D eigenvalue weighted by Crippen LogP contribution is -2.52. The van der Waals surface area contributed by atoms with E-state index in [2.05, 4.69) is 5.32 Å². The van der Waals surface area contributed by atoms with E-state index >= 15 is 0 Å². The van der Waals surface area contributed by atoms with Gasteiger partial charge in [-0.1, -0.05) is 83.4 Å². The van der Waals surface area contributed by atoms with Crippen LogP contribution in [0.2, 0.25) is 10.0 Å². The van der Waals surface area contributed by atoms with Crippen molar-refractivity contribution in [3.8, 4) is 0 Å². The van der Waals surface area contributed by atoms with E-state index in [1.54, 1.807) is 0 Å². The number of carbonyl (C=O) groups is 2. The quantitative estimate of drug-likeness (QED) is 0.396. The van der Waals surface area contributed by atoms with Crippen molar-refractivity contribution in [3.63, 3.8) is 0 Å². The van der Waals surface area contributed by atoms with E-state index in [-0.39, 0.29) is 29.6 Å². The number of hydrogen-bond donors (Lipinski definition) is 1. The van der Waals surface area contributed by atoms with Gasteiger partial charge in [-0.05, 0) is 36.2 Å². The minimum Gasteiger partial charge on any atom is -0.357 e. The second kappa shape index (κ2) is 12.4. The normalized spacial score (nSPS) is 12.0. The zero-order valence-corrected chi connectivity index (χ0v) is 23.1. The van der Waals surface area contributed by atoms with Crippen molar-refractivity contribution in [3.05, 3.63) is 99.5 Å².